The van der Waals surface area contributed by atoms with Gasteiger partial charge in [0.15, 0.2) is 0 Å². The molecule has 0 aliphatic carbocycles. The molecule has 1 saturated heterocycles. The van der Waals surface area contributed by atoms with Crippen LogP contribution < -0.4 is 4.90 Å². The molecule has 1 aromatic carbocycles. The Morgan fingerprint density at radius 1 is 1.38 bits per heavy atom. The Labute approximate surface area is 154 Å². The number of hydrogen-bond acceptors (Lipinski definition) is 5. The van der Waals surface area contributed by atoms with Gasteiger partial charge in [0.05, 0.1) is 39.4 Å². The van der Waals surface area contributed by atoms with Crippen molar-refractivity contribution in [1.82, 2.24) is 9.19 Å². The Hall–Kier alpha value is -1.35. The van der Waals surface area contributed by atoms with Crippen LogP contribution in [0.5, 0.6) is 5.75 Å². The van der Waals surface area contributed by atoms with Crippen molar-refractivity contribution in [3.05, 3.63) is 40.1 Å². The third kappa shape index (κ3) is 3.11. The van der Waals surface area contributed by atoms with Gasteiger partial charge in [-0.25, -0.2) is 8.42 Å². The van der Waals surface area contributed by atoms with E-state index in [-0.39, 0.29) is 11.7 Å². The van der Waals surface area contributed by atoms with Crippen LogP contribution in [-0.4, -0.2) is 40.5 Å². The lowest BCUT2D eigenvalue weighted by atomic mass is 9.97. The summed E-state index contributed by atoms with van der Waals surface area (Å²) < 4.78 is 24.0. The number of aromatic nitrogens is 2. The summed E-state index contributed by atoms with van der Waals surface area (Å²) in [6, 6.07) is 3.03. The molecule has 0 unspecified atom stereocenters. The molecule has 2 aromatic rings. The van der Waals surface area contributed by atoms with E-state index >= 15 is 0 Å². The molecular weight excluding hydrogens is 393 g/mol. The number of hydrogen-bond donors (Lipinski definition) is 1. The fraction of sp³-hybridized carbons (Fsp3) is 0.286. The van der Waals surface area contributed by atoms with Crippen LogP contribution in [0.15, 0.2) is 24.5 Å². The lowest BCUT2D eigenvalue weighted by molar-refractivity contribution is 0.463. The number of benzene rings is 1. The summed E-state index contributed by atoms with van der Waals surface area (Å²) in [6.07, 6.45) is 4.41. The highest BCUT2D eigenvalue weighted by Gasteiger charge is 2.33. The molecule has 10 heteroatoms. The number of phenolic OH excluding ortho intramolecular Hbond substituents is 1. The van der Waals surface area contributed by atoms with E-state index in [9.17, 15) is 13.5 Å². The SMILES string of the molecule is CS(=O)(=O)n1cc(N2C[C@@H](c3c(O)ccc(Cl)c3Cl)CC2=S)cn1. The minimum absolute atomic E-state index is 0.0610. The third-order valence-electron chi connectivity index (χ3n) is 3.84. The molecule has 0 bridgehead atoms. The number of halogens is 2. The monoisotopic (exact) mass is 405 g/mol. The molecule has 3 rings (SSSR count). The minimum Gasteiger partial charge on any atom is -0.508 e. The highest BCUT2D eigenvalue weighted by atomic mass is 35.5. The summed E-state index contributed by atoms with van der Waals surface area (Å²) in [5, 5.41) is 14.6. The van der Waals surface area contributed by atoms with Gasteiger partial charge in [-0.2, -0.15) is 9.19 Å². The second-order valence-corrected chi connectivity index (χ2v) is 8.63. The smallest absolute Gasteiger partial charge is 0.250 e. The summed E-state index contributed by atoms with van der Waals surface area (Å²) in [6.45, 7) is 0.446. The van der Waals surface area contributed by atoms with E-state index in [0.717, 1.165) is 10.3 Å². The molecule has 0 saturated carbocycles. The maximum atomic E-state index is 11.5. The fourth-order valence-corrected chi connectivity index (χ4v) is 4.09. The zero-order valence-corrected chi connectivity index (χ0v) is 15.6. The molecule has 1 aliphatic rings. The molecule has 0 spiro atoms. The van der Waals surface area contributed by atoms with E-state index in [1.165, 1.54) is 24.5 Å². The van der Waals surface area contributed by atoms with E-state index in [1.54, 1.807) is 4.90 Å². The van der Waals surface area contributed by atoms with Crippen molar-refractivity contribution in [2.75, 3.05) is 17.7 Å². The molecule has 1 fully saturated rings. The molecule has 6 nitrogen and oxygen atoms in total. The van der Waals surface area contributed by atoms with Crippen molar-refractivity contribution < 1.29 is 13.5 Å². The summed E-state index contributed by atoms with van der Waals surface area (Å²) in [5.74, 6) is -0.0869. The quantitative estimate of drug-likeness (QED) is 0.790. The van der Waals surface area contributed by atoms with Gasteiger partial charge in [0.2, 0.25) is 0 Å². The zero-order chi connectivity index (χ0) is 17.6. The summed E-state index contributed by atoms with van der Waals surface area (Å²) >= 11 is 17.7. The maximum absolute atomic E-state index is 11.5. The van der Waals surface area contributed by atoms with Crippen molar-refractivity contribution in [1.29, 1.82) is 0 Å². The zero-order valence-electron chi connectivity index (χ0n) is 12.5. The molecule has 2 heterocycles. The van der Waals surface area contributed by atoms with Gasteiger partial charge in [0.25, 0.3) is 10.0 Å². The van der Waals surface area contributed by atoms with Crippen molar-refractivity contribution in [3.8, 4) is 5.75 Å². The normalized spacial score (nSPS) is 18.4. The van der Waals surface area contributed by atoms with Crippen molar-refractivity contribution in [2.45, 2.75) is 12.3 Å². The van der Waals surface area contributed by atoms with Crippen LogP contribution in [0.25, 0.3) is 0 Å². The van der Waals surface area contributed by atoms with Gasteiger partial charge < -0.3 is 10.0 Å². The van der Waals surface area contributed by atoms with Crippen LogP contribution in [0, 0.1) is 0 Å². The van der Waals surface area contributed by atoms with E-state index < -0.39 is 10.0 Å². The third-order valence-corrected chi connectivity index (χ3v) is 5.93. The first-order valence-corrected chi connectivity index (χ1v) is 9.92. The highest BCUT2D eigenvalue weighted by Crippen LogP contribution is 2.42. The van der Waals surface area contributed by atoms with Crippen LogP contribution in [0.4, 0.5) is 5.69 Å². The summed E-state index contributed by atoms with van der Waals surface area (Å²) in [7, 11) is -3.46. The number of rotatable bonds is 3. The van der Waals surface area contributed by atoms with Crippen LogP contribution in [0.2, 0.25) is 10.0 Å². The molecule has 1 atom stereocenters. The second-order valence-electron chi connectivity index (χ2n) is 5.53. The second kappa shape index (κ2) is 6.18. The van der Waals surface area contributed by atoms with Crippen LogP contribution >= 0.6 is 35.4 Å². The lowest BCUT2D eigenvalue weighted by Gasteiger charge is -2.17. The molecular formula is C14H13Cl2N3O3S2. The van der Waals surface area contributed by atoms with Gasteiger partial charge in [-0.1, -0.05) is 35.4 Å². The average Bonchev–Trinajstić information content (AvgIpc) is 3.10. The molecule has 24 heavy (non-hydrogen) atoms. The number of phenols is 1. The van der Waals surface area contributed by atoms with Crippen molar-refractivity contribution in [2.24, 2.45) is 0 Å². The Balaban J connectivity index is 1.92. The Morgan fingerprint density at radius 2 is 2.08 bits per heavy atom. The van der Waals surface area contributed by atoms with Gasteiger partial charge in [-0.3, -0.25) is 0 Å². The Bertz CT molecular complexity index is 927. The first-order valence-electron chi connectivity index (χ1n) is 6.91. The van der Waals surface area contributed by atoms with Crippen LogP contribution in [-0.2, 0) is 10.0 Å². The molecule has 1 N–H and O–H groups in total. The van der Waals surface area contributed by atoms with E-state index in [1.807, 2.05) is 0 Å². The van der Waals surface area contributed by atoms with E-state index in [4.69, 9.17) is 35.4 Å². The number of thiocarbonyl (C=S) groups is 1. The summed E-state index contributed by atoms with van der Waals surface area (Å²) in [5.41, 5.74) is 1.12. The molecule has 1 aromatic heterocycles. The highest BCUT2D eigenvalue weighted by molar-refractivity contribution is 7.89. The van der Waals surface area contributed by atoms with Crippen molar-refractivity contribution in [3.63, 3.8) is 0 Å². The molecule has 0 radical (unpaired) electrons. The molecule has 128 valence electrons. The Kier molecular flexibility index (Phi) is 4.50. The van der Waals surface area contributed by atoms with Crippen LogP contribution in [0.3, 0.4) is 0 Å². The first kappa shape index (κ1) is 17.5. The lowest BCUT2D eigenvalue weighted by Crippen LogP contribution is -2.22. The Morgan fingerprint density at radius 3 is 2.71 bits per heavy atom. The number of aromatic hydroxyl groups is 1. The first-order chi connectivity index (χ1) is 11.2. The maximum Gasteiger partial charge on any atom is 0.250 e. The standard InChI is InChI=1S/C14H13Cl2N3O3S2/c1-24(21,22)19-7-9(5-17-19)18-6-8(4-12(18)23)13-11(20)3-2-10(15)14(13)16/h2-3,5,7-8,20H,4,6H2,1H3/t8-/m0/s1. The molecule has 0 amide bonds. The molecule has 1 aliphatic heterocycles. The number of anilines is 1. The average molecular weight is 406 g/mol. The van der Waals surface area contributed by atoms with Gasteiger partial charge in [0.1, 0.15) is 5.75 Å². The minimum atomic E-state index is -3.46. The number of nitrogens with zero attached hydrogens (tertiary/aromatic N) is 3. The largest absolute Gasteiger partial charge is 0.508 e. The van der Waals surface area contributed by atoms with Crippen LogP contribution in [0.1, 0.15) is 17.9 Å². The topological polar surface area (TPSA) is 75.4 Å². The van der Waals surface area contributed by atoms with Gasteiger partial charge in [-0.15, -0.1) is 0 Å². The van der Waals surface area contributed by atoms with E-state index in [0.29, 0.717) is 39.3 Å². The van der Waals surface area contributed by atoms with Gasteiger partial charge in [0, 0.05) is 24.4 Å². The van der Waals surface area contributed by atoms with Gasteiger partial charge >= 0.3 is 0 Å². The van der Waals surface area contributed by atoms with Gasteiger partial charge in [-0.05, 0) is 12.1 Å². The fourth-order valence-electron chi connectivity index (χ4n) is 2.71. The van der Waals surface area contributed by atoms with Crippen molar-refractivity contribution >= 4 is 56.1 Å². The summed E-state index contributed by atoms with van der Waals surface area (Å²) in [4.78, 5) is 2.40. The predicted molar refractivity (Wildman–Crippen MR) is 97.9 cm³/mol. The van der Waals surface area contributed by atoms with E-state index in [2.05, 4.69) is 5.10 Å². The predicted octanol–water partition coefficient (Wildman–Crippen LogP) is 3.02.